The molecule has 1 atom stereocenters. The number of anilines is 1. The maximum absolute atomic E-state index is 13.3. The first kappa shape index (κ1) is 21.3. The van der Waals surface area contributed by atoms with Crippen LogP contribution in [0.15, 0.2) is 48.5 Å². The third kappa shape index (κ3) is 5.78. The highest BCUT2D eigenvalue weighted by Crippen LogP contribution is 2.28. The molecule has 0 radical (unpaired) electrons. The molecule has 2 amide bonds. The number of carbonyl (C=O) groups is 2. The molecular weight excluding hydrogens is 393 g/mol. The van der Waals surface area contributed by atoms with E-state index >= 15 is 0 Å². The summed E-state index contributed by atoms with van der Waals surface area (Å²) < 4.78 is 13.3. The molecule has 0 aromatic heterocycles. The first-order valence-electron chi connectivity index (χ1n) is 9.69. The second-order valence-electron chi connectivity index (χ2n) is 7.37. The minimum Gasteiger partial charge on any atom is -0.356 e. The summed E-state index contributed by atoms with van der Waals surface area (Å²) in [4.78, 5) is 28.4. The van der Waals surface area contributed by atoms with Crippen LogP contribution in [0.3, 0.4) is 0 Å². The standard InChI is InChI=1S/C22H25ClFN3O2/c1-26(14-16-6-3-2-4-7-16)11-5-10-25-22(29)17-12-21(28)27(15-17)18-8-9-20(24)19(23)13-18/h2-4,6-9,13,17H,5,10-12,14-15H2,1H3,(H,25,29). The van der Waals surface area contributed by atoms with Crippen LogP contribution in [0.5, 0.6) is 0 Å². The van der Waals surface area contributed by atoms with Crippen molar-refractivity contribution in [2.45, 2.75) is 19.4 Å². The largest absolute Gasteiger partial charge is 0.356 e. The van der Waals surface area contributed by atoms with Crippen molar-refractivity contribution in [3.05, 3.63) is 64.9 Å². The highest BCUT2D eigenvalue weighted by atomic mass is 35.5. The van der Waals surface area contributed by atoms with E-state index in [2.05, 4.69) is 29.4 Å². The van der Waals surface area contributed by atoms with Gasteiger partial charge in [-0.15, -0.1) is 0 Å². The number of nitrogens with zero attached hydrogens (tertiary/aromatic N) is 2. The lowest BCUT2D eigenvalue weighted by Gasteiger charge is -2.18. The zero-order chi connectivity index (χ0) is 20.8. The van der Waals surface area contributed by atoms with Gasteiger partial charge in [0, 0.05) is 31.7 Å². The van der Waals surface area contributed by atoms with Gasteiger partial charge in [-0.05, 0) is 43.8 Å². The number of carbonyl (C=O) groups excluding carboxylic acids is 2. The number of benzene rings is 2. The summed E-state index contributed by atoms with van der Waals surface area (Å²) in [5, 5.41) is 2.89. The fourth-order valence-corrected chi connectivity index (χ4v) is 3.64. The molecule has 1 saturated heterocycles. The van der Waals surface area contributed by atoms with Gasteiger partial charge in [0.2, 0.25) is 11.8 Å². The molecule has 0 bridgehead atoms. The van der Waals surface area contributed by atoms with Crippen LogP contribution >= 0.6 is 11.6 Å². The van der Waals surface area contributed by atoms with Gasteiger partial charge in [0.25, 0.3) is 0 Å². The Labute approximate surface area is 175 Å². The van der Waals surface area contributed by atoms with E-state index < -0.39 is 11.7 Å². The molecule has 3 rings (SSSR count). The summed E-state index contributed by atoms with van der Waals surface area (Å²) in [5.74, 6) is -1.22. The van der Waals surface area contributed by atoms with E-state index in [4.69, 9.17) is 11.6 Å². The average molecular weight is 418 g/mol. The van der Waals surface area contributed by atoms with Gasteiger partial charge in [-0.1, -0.05) is 41.9 Å². The molecule has 154 valence electrons. The van der Waals surface area contributed by atoms with Crippen molar-refractivity contribution in [1.29, 1.82) is 0 Å². The normalized spacial score (nSPS) is 16.5. The van der Waals surface area contributed by atoms with Crippen molar-refractivity contribution in [3.63, 3.8) is 0 Å². The molecule has 0 aliphatic carbocycles. The van der Waals surface area contributed by atoms with Gasteiger partial charge in [0.15, 0.2) is 0 Å². The van der Waals surface area contributed by atoms with Crippen molar-refractivity contribution in [2.24, 2.45) is 5.92 Å². The second-order valence-corrected chi connectivity index (χ2v) is 7.78. The Balaban J connectivity index is 1.42. The van der Waals surface area contributed by atoms with Crippen LogP contribution in [0.4, 0.5) is 10.1 Å². The fourth-order valence-electron chi connectivity index (χ4n) is 3.46. The molecule has 0 saturated carbocycles. The Kier molecular flexibility index (Phi) is 7.23. The molecule has 2 aromatic rings. The van der Waals surface area contributed by atoms with Crippen LogP contribution in [0.25, 0.3) is 0 Å². The number of hydrogen-bond acceptors (Lipinski definition) is 3. The molecular formula is C22H25ClFN3O2. The Bertz CT molecular complexity index is 862. The van der Waals surface area contributed by atoms with Gasteiger partial charge in [-0.3, -0.25) is 9.59 Å². The Morgan fingerprint density at radius 3 is 2.76 bits per heavy atom. The van der Waals surface area contributed by atoms with Crippen molar-refractivity contribution in [2.75, 3.05) is 31.6 Å². The minimum atomic E-state index is -0.534. The molecule has 5 nitrogen and oxygen atoms in total. The highest BCUT2D eigenvalue weighted by Gasteiger charge is 2.35. The molecule has 7 heteroatoms. The van der Waals surface area contributed by atoms with Crippen molar-refractivity contribution in [1.82, 2.24) is 10.2 Å². The van der Waals surface area contributed by atoms with E-state index in [9.17, 15) is 14.0 Å². The Morgan fingerprint density at radius 2 is 2.03 bits per heavy atom. The zero-order valence-corrected chi connectivity index (χ0v) is 17.2. The predicted octanol–water partition coefficient (Wildman–Crippen LogP) is 3.47. The highest BCUT2D eigenvalue weighted by molar-refractivity contribution is 6.31. The van der Waals surface area contributed by atoms with E-state index in [0.717, 1.165) is 19.5 Å². The first-order chi connectivity index (χ1) is 13.9. The molecule has 2 aromatic carbocycles. The number of amides is 2. The van der Waals surface area contributed by atoms with Gasteiger partial charge in [0.05, 0.1) is 10.9 Å². The smallest absolute Gasteiger partial charge is 0.227 e. The topological polar surface area (TPSA) is 52.7 Å². The molecule has 1 heterocycles. The number of rotatable bonds is 8. The quantitative estimate of drug-likeness (QED) is 0.669. The molecule has 0 spiro atoms. The van der Waals surface area contributed by atoms with Crippen molar-refractivity contribution in [3.8, 4) is 0 Å². The maximum atomic E-state index is 13.3. The van der Waals surface area contributed by atoms with E-state index in [1.54, 1.807) is 0 Å². The predicted molar refractivity (Wildman–Crippen MR) is 112 cm³/mol. The summed E-state index contributed by atoms with van der Waals surface area (Å²) in [5.41, 5.74) is 1.77. The molecule has 29 heavy (non-hydrogen) atoms. The minimum absolute atomic E-state index is 0.0391. The van der Waals surface area contributed by atoms with Gasteiger partial charge in [0.1, 0.15) is 5.82 Å². The van der Waals surface area contributed by atoms with Crippen LogP contribution in [-0.4, -0.2) is 43.4 Å². The summed E-state index contributed by atoms with van der Waals surface area (Å²) in [6, 6.07) is 14.4. The van der Waals surface area contributed by atoms with Gasteiger partial charge < -0.3 is 15.1 Å². The summed E-state index contributed by atoms with van der Waals surface area (Å²) in [6.07, 6.45) is 0.974. The SMILES string of the molecule is CN(CCCNC(=O)C1CC(=O)N(c2ccc(F)c(Cl)c2)C1)Cc1ccccc1. The summed E-state index contributed by atoms with van der Waals surface area (Å²) >= 11 is 5.80. The Hall–Kier alpha value is -2.44. The van der Waals surface area contributed by atoms with Gasteiger partial charge in [-0.2, -0.15) is 0 Å². The third-order valence-corrected chi connectivity index (χ3v) is 5.31. The summed E-state index contributed by atoms with van der Waals surface area (Å²) in [6.45, 7) is 2.56. The maximum Gasteiger partial charge on any atom is 0.227 e. The lowest BCUT2D eigenvalue weighted by atomic mass is 10.1. The second kappa shape index (κ2) is 9.85. The number of hydrogen-bond donors (Lipinski definition) is 1. The molecule has 1 aliphatic heterocycles. The lowest BCUT2D eigenvalue weighted by Crippen LogP contribution is -2.34. The van der Waals surface area contributed by atoms with Crippen LogP contribution in [0, 0.1) is 11.7 Å². The monoisotopic (exact) mass is 417 g/mol. The van der Waals surface area contributed by atoms with Crippen molar-refractivity contribution < 1.29 is 14.0 Å². The Morgan fingerprint density at radius 1 is 1.28 bits per heavy atom. The van der Waals surface area contributed by atoms with Gasteiger partial charge in [-0.25, -0.2) is 4.39 Å². The zero-order valence-electron chi connectivity index (χ0n) is 16.4. The number of nitrogens with one attached hydrogen (secondary N) is 1. The molecule has 1 unspecified atom stereocenters. The van der Waals surface area contributed by atoms with Crippen LogP contribution < -0.4 is 10.2 Å². The average Bonchev–Trinajstić information content (AvgIpc) is 3.10. The van der Waals surface area contributed by atoms with E-state index in [-0.39, 0.29) is 29.8 Å². The molecule has 1 aliphatic rings. The molecule has 1 fully saturated rings. The van der Waals surface area contributed by atoms with Crippen LogP contribution in [-0.2, 0) is 16.1 Å². The summed E-state index contributed by atoms with van der Waals surface area (Å²) in [7, 11) is 2.05. The van der Waals surface area contributed by atoms with E-state index in [1.807, 2.05) is 18.2 Å². The third-order valence-electron chi connectivity index (χ3n) is 5.02. The van der Waals surface area contributed by atoms with Crippen LogP contribution in [0.1, 0.15) is 18.4 Å². The van der Waals surface area contributed by atoms with E-state index in [1.165, 1.54) is 28.7 Å². The molecule has 1 N–H and O–H groups in total. The van der Waals surface area contributed by atoms with E-state index in [0.29, 0.717) is 12.2 Å². The fraction of sp³-hybridized carbons (Fsp3) is 0.364. The van der Waals surface area contributed by atoms with Crippen molar-refractivity contribution >= 4 is 29.1 Å². The first-order valence-corrected chi connectivity index (χ1v) is 10.1. The number of halogens is 2. The lowest BCUT2D eigenvalue weighted by molar-refractivity contribution is -0.126. The van der Waals surface area contributed by atoms with Gasteiger partial charge >= 0.3 is 0 Å². The van der Waals surface area contributed by atoms with Crippen LogP contribution in [0.2, 0.25) is 5.02 Å².